The summed E-state index contributed by atoms with van der Waals surface area (Å²) >= 11 is 0. The van der Waals surface area contributed by atoms with Gasteiger partial charge < -0.3 is 0 Å². The Labute approximate surface area is 313 Å². The summed E-state index contributed by atoms with van der Waals surface area (Å²) in [6, 6.07) is 0.284. The minimum atomic E-state index is 0.284. The molecule has 1 aliphatic carbocycles. The van der Waals surface area contributed by atoms with Crippen LogP contribution in [0.2, 0.25) is 0 Å². The normalized spacial score (nSPS) is 17.2. The molecule has 0 amide bonds. The highest BCUT2D eigenvalue weighted by Crippen LogP contribution is 2.46. The van der Waals surface area contributed by atoms with Crippen LogP contribution < -0.4 is 10.6 Å². The molecule has 0 N–H and O–H groups in total. The van der Waals surface area contributed by atoms with Gasteiger partial charge in [-0.1, -0.05) is 12.5 Å². The number of fused-ring (bicyclic) bond motifs is 8. The fraction of sp³-hybridized carbons (Fsp3) is 0.440. The molecule has 52 heavy (non-hydrogen) atoms. The number of allylic oxidation sites excluding steroid dienone is 2. The molecule has 2 atom stereocenters. The second kappa shape index (κ2) is 12.8. The van der Waals surface area contributed by atoms with Crippen LogP contribution in [0, 0.1) is 110 Å². The predicted molar refractivity (Wildman–Crippen MR) is 228 cm³/mol. The Morgan fingerprint density at radius 1 is 0.346 bits per heavy atom. The summed E-state index contributed by atoms with van der Waals surface area (Å²) in [5.41, 5.74) is 27.8. The number of hydrogen-bond donors (Lipinski definition) is 0. The smallest absolute Gasteiger partial charge is 0.0824 e. The second-order valence-electron chi connectivity index (χ2n) is 16.7. The Morgan fingerprint density at radius 2 is 0.731 bits per heavy atom. The minimum Gasteiger partial charge on any atom is -0.276 e. The van der Waals surface area contributed by atoms with E-state index in [9.17, 15) is 0 Å². The van der Waals surface area contributed by atoms with Crippen LogP contribution >= 0.6 is 0 Å². The molecule has 2 aliphatic rings. The molecule has 7 rings (SSSR count). The van der Waals surface area contributed by atoms with Crippen LogP contribution in [0.1, 0.15) is 118 Å². The molecule has 272 valence electrons. The lowest BCUT2D eigenvalue weighted by Gasteiger charge is -2.35. The summed E-state index contributed by atoms with van der Waals surface area (Å²) in [7, 11) is 0. The van der Waals surface area contributed by atoms with E-state index in [0.717, 1.165) is 11.4 Å². The zero-order valence-electron chi connectivity index (χ0n) is 36.0. The number of rotatable bonds is 0. The maximum atomic E-state index is 5.28. The van der Waals surface area contributed by atoms with Gasteiger partial charge in [-0.3, -0.25) is 9.98 Å². The van der Waals surface area contributed by atoms with Gasteiger partial charge in [-0.05, 0) is 253 Å². The van der Waals surface area contributed by atoms with E-state index in [2.05, 4.69) is 138 Å². The largest absolute Gasteiger partial charge is 0.276 e. The van der Waals surface area contributed by atoms with Gasteiger partial charge in [-0.2, -0.15) is 0 Å². The Bertz CT molecular complexity index is 2610. The van der Waals surface area contributed by atoms with Gasteiger partial charge in [0.2, 0.25) is 0 Å². The Morgan fingerprint density at radius 3 is 1.19 bits per heavy atom. The molecule has 0 bridgehead atoms. The average Bonchev–Trinajstić information content (AvgIpc) is 3.11. The van der Waals surface area contributed by atoms with Crippen molar-refractivity contribution in [3.63, 3.8) is 0 Å². The van der Waals surface area contributed by atoms with Crippen molar-refractivity contribution in [1.29, 1.82) is 0 Å². The molecule has 0 spiro atoms. The van der Waals surface area contributed by atoms with Crippen molar-refractivity contribution in [1.82, 2.24) is 4.98 Å². The van der Waals surface area contributed by atoms with Crippen LogP contribution in [0.4, 0.5) is 0 Å². The van der Waals surface area contributed by atoms with E-state index in [0.29, 0.717) is 5.92 Å². The standard InChI is InChI=1S/C28H33N.C22H29N/c1-12-13(2)18(7)25-23(16(12)5)24-17(6)14(3)15(4)19(8)26(24)28-22(11)29-21(10)20(9)27(25)28;1-10-12(3)16(7)21-19(14(10)5)18(9)20-15(6)11(2)13(4)17(8)22(20)23-21/h1-11H3;16,21H,1-9H3. The maximum absolute atomic E-state index is 5.28. The van der Waals surface area contributed by atoms with E-state index >= 15 is 0 Å². The molecule has 2 heteroatoms. The molecule has 4 aromatic carbocycles. The molecule has 0 radical (unpaired) electrons. The van der Waals surface area contributed by atoms with Crippen LogP contribution in [-0.4, -0.2) is 11.0 Å². The highest BCUT2D eigenvalue weighted by molar-refractivity contribution is 6.30. The third-order valence-corrected chi connectivity index (χ3v) is 14.7. The number of hydrogen-bond acceptors (Lipinski definition) is 2. The molecule has 5 aromatic rings. The summed E-state index contributed by atoms with van der Waals surface area (Å²) in [4.78, 5) is 10.3. The molecule has 1 aliphatic heterocycles. The number of nitrogens with zero attached hydrogens (tertiary/aromatic N) is 2. The highest BCUT2D eigenvalue weighted by atomic mass is 14.8. The van der Waals surface area contributed by atoms with Gasteiger partial charge in [-0.25, -0.2) is 0 Å². The number of benzene rings is 4. The Balaban J connectivity index is 0.000000183. The van der Waals surface area contributed by atoms with E-state index in [1.165, 1.54) is 143 Å². The summed E-state index contributed by atoms with van der Waals surface area (Å²) in [6.07, 6.45) is 0. The third kappa shape index (κ3) is 5.03. The Kier molecular flexibility index (Phi) is 9.30. The van der Waals surface area contributed by atoms with Crippen molar-refractivity contribution in [2.45, 2.75) is 145 Å². The van der Waals surface area contributed by atoms with Crippen molar-refractivity contribution in [3.8, 4) is 0 Å². The van der Waals surface area contributed by atoms with Crippen LogP contribution in [0.3, 0.4) is 0 Å². The molecule has 0 fully saturated rings. The lowest BCUT2D eigenvalue weighted by Crippen LogP contribution is -2.43. The number of aryl methyl sites for hydroxylation is 7. The lowest BCUT2D eigenvalue weighted by atomic mass is 9.73. The zero-order chi connectivity index (χ0) is 38.7. The van der Waals surface area contributed by atoms with Gasteiger partial charge in [0.25, 0.3) is 0 Å². The van der Waals surface area contributed by atoms with Crippen LogP contribution in [0.15, 0.2) is 27.3 Å². The first kappa shape index (κ1) is 37.7. The van der Waals surface area contributed by atoms with Gasteiger partial charge in [0.15, 0.2) is 0 Å². The van der Waals surface area contributed by atoms with Gasteiger partial charge in [-0.15, -0.1) is 0 Å². The van der Waals surface area contributed by atoms with Crippen LogP contribution in [-0.2, 0) is 0 Å². The van der Waals surface area contributed by atoms with E-state index in [1.807, 2.05) is 0 Å². The van der Waals surface area contributed by atoms with E-state index < -0.39 is 0 Å². The van der Waals surface area contributed by atoms with Gasteiger partial charge in [0.05, 0.1) is 11.4 Å². The molecule has 0 saturated heterocycles. The van der Waals surface area contributed by atoms with Crippen molar-refractivity contribution in [2.24, 2.45) is 10.9 Å². The van der Waals surface area contributed by atoms with Crippen molar-refractivity contribution >= 4 is 37.9 Å². The van der Waals surface area contributed by atoms with Gasteiger partial charge in [0, 0.05) is 27.9 Å². The first-order chi connectivity index (χ1) is 24.2. The van der Waals surface area contributed by atoms with Gasteiger partial charge >= 0.3 is 0 Å². The van der Waals surface area contributed by atoms with Crippen LogP contribution in [0.25, 0.3) is 37.9 Å². The molecular formula is C50H62N2. The fourth-order valence-corrected chi connectivity index (χ4v) is 9.85. The molecule has 0 saturated carbocycles. The van der Waals surface area contributed by atoms with E-state index in [1.54, 1.807) is 0 Å². The predicted octanol–water partition coefficient (Wildman–Crippen LogP) is 12.3. The summed E-state index contributed by atoms with van der Waals surface area (Å²) in [6.45, 7) is 45.4. The fourth-order valence-electron chi connectivity index (χ4n) is 9.85. The van der Waals surface area contributed by atoms with Crippen molar-refractivity contribution in [2.75, 3.05) is 0 Å². The molecule has 2 unspecified atom stereocenters. The zero-order valence-corrected chi connectivity index (χ0v) is 36.0. The van der Waals surface area contributed by atoms with E-state index in [4.69, 9.17) is 9.98 Å². The highest BCUT2D eigenvalue weighted by Gasteiger charge is 2.33. The van der Waals surface area contributed by atoms with Gasteiger partial charge in [0.1, 0.15) is 0 Å². The number of pyridine rings is 1. The molecule has 1 aromatic heterocycles. The second-order valence-corrected chi connectivity index (χ2v) is 16.7. The summed E-state index contributed by atoms with van der Waals surface area (Å²) in [5, 5.41) is 11.1. The summed E-state index contributed by atoms with van der Waals surface area (Å²) in [5.74, 6) is 0.484. The first-order valence-electron chi connectivity index (χ1n) is 19.4. The van der Waals surface area contributed by atoms with Crippen molar-refractivity contribution < 1.29 is 0 Å². The average molecular weight is 691 g/mol. The van der Waals surface area contributed by atoms with Crippen LogP contribution in [0.5, 0.6) is 0 Å². The SMILES string of the molecule is CC1=C(C)C(C)C2N=c3c(C)c(C)c(C)c(C)c3=C(C)C2=C1C.Cc1nc(C)c2c(c1C)c1c(C)c(C)c(C)c(C)c1c1c(C)c(C)c(C)c(C)c21. The molecular weight excluding hydrogens is 629 g/mol. The molecule has 2 nitrogen and oxygen atoms in total. The molecule has 2 heterocycles. The van der Waals surface area contributed by atoms with E-state index in [-0.39, 0.29) is 6.04 Å². The quantitative estimate of drug-likeness (QED) is 0.149. The minimum absolute atomic E-state index is 0.284. The topological polar surface area (TPSA) is 25.2 Å². The third-order valence-electron chi connectivity index (χ3n) is 14.7. The Hall–Kier alpha value is -4.04. The first-order valence-corrected chi connectivity index (χ1v) is 19.4. The van der Waals surface area contributed by atoms with Crippen molar-refractivity contribution in [3.05, 3.63) is 117 Å². The lowest BCUT2D eigenvalue weighted by molar-refractivity contribution is 0.550. The number of aromatic nitrogens is 1. The summed E-state index contributed by atoms with van der Waals surface area (Å²) < 4.78 is 0. The maximum Gasteiger partial charge on any atom is 0.0824 e. The monoisotopic (exact) mass is 690 g/mol.